The predicted octanol–water partition coefficient (Wildman–Crippen LogP) is -0.469. The van der Waals surface area contributed by atoms with Crippen LogP contribution in [0.4, 0.5) is 0 Å². The van der Waals surface area contributed by atoms with Crippen molar-refractivity contribution in [1.29, 1.82) is 0 Å². The van der Waals surface area contributed by atoms with E-state index in [4.69, 9.17) is 11.5 Å². The lowest BCUT2D eigenvalue weighted by Gasteiger charge is -2.35. The molecule has 4 heteroatoms. The van der Waals surface area contributed by atoms with Gasteiger partial charge >= 0.3 is 0 Å². The first-order valence-corrected chi connectivity index (χ1v) is 4.80. The maximum atomic E-state index is 10.5. The van der Waals surface area contributed by atoms with Gasteiger partial charge in [-0.3, -0.25) is 4.79 Å². The number of hydrogen-bond donors (Lipinski definition) is 2. The molecular formula is C9H19N3O. The fourth-order valence-electron chi connectivity index (χ4n) is 1.77. The van der Waals surface area contributed by atoms with E-state index in [2.05, 4.69) is 4.90 Å². The summed E-state index contributed by atoms with van der Waals surface area (Å²) in [6.07, 6.45) is 2.71. The molecular weight excluding hydrogens is 166 g/mol. The first-order valence-electron chi connectivity index (χ1n) is 4.80. The Morgan fingerprint density at radius 3 is 2.62 bits per heavy atom. The Hall–Kier alpha value is -0.610. The van der Waals surface area contributed by atoms with E-state index >= 15 is 0 Å². The van der Waals surface area contributed by atoms with Crippen molar-refractivity contribution in [2.75, 3.05) is 20.1 Å². The van der Waals surface area contributed by atoms with E-state index < -0.39 is 0 Å². The largest absolute Gasteiger partial charge is 0.370 e. The van der Waals surface area contributed by atoms with Crippen molar-refractivity contribution in [3.63, 3.8) is 0 Å². The van der Waals surface area contributed by atoms with Gasteiger partial charge in [0.1, 0.15) is 0 Å². The minimum absolute atomic E-state index is 0.225. The van der Waals surface area contributed by atoms with Gasteiger partial charge in [0.05, 0.1) is 0 Å². The van der Waals surface area contributed by atoms with Crippen molar-refractivity contribution in [2.45, 2.75) is 25.3 Å². The van der Waals surface area contributed by atoms with Crippen LogP contribution < -0.4 is 11.5 Å². The number of carbonyl (C=O) groups is 1. The molecule has 1 amide bonds. The molecule has 4 N–H and O–H groups in total. The van der Waals surface area contributed by atoms with Gasteiger partial charge in [0.15, 0.2) is 0 Å². The van der Waals surface area contributed by atoms with E-state index in [1.165, 1.54) is 0 Å². The molecule has 13 heavy (non-hydrogen) atoms. The third-order valence-corrected chi connectivity index (χ3v) is 2.58. The number of rotatable bonds is 5. The monoisotopic (exact) mass is 185 g/mol. The first kappa shape index (κ1) is 10.5. The van der Waals surface area contributed by atoms with Crippen molar-refractivity contribution >= 4 is 5.91 Å². The standard InChI is InChI=1S/C9H19N3O/c1-12(3-2-9(11)13)6-7-4-8(10)5-7/h7-8H,2-6,10H2,1H3,(H2,11,13). The van der Waals surface area contributed by atoms with E-state index in [0.717, 1.165) is 31.8 Å². The molecule has 0 bridgehead atoms. The molecule has 1 rings (SSSR count). The highest BCUT2D eigenvalue weighted by molar-refractivity contribution is 5.73. The fraction of sp³-hybridized carbons (Fsp3) is 0.889. The summed E-state index contributed by atoms with van der Waals surface area (Å²) in [7, 11) is 2.02. The quantitative estimate of drug-likeness (QED) is 0.608. The maximum absolute atomic E-state index is 10.5. The van der Waals surface area contributed by atoms with Crippen molar-refractivity contribution < 1.29 is 4.79 Å². The average molecular weight is 185 g/mol. The SMILES string of the molecule is CN(CCC(N)=O)CC1CC(N)C1. The molecule has 0 heterocycles. The van der Waals surface area contributed by atoms with E-state index in [-0.39, 0.29) is 5.91 Å². The zero-order valence-corrected chi connectivity index (χ0v) is 8.20. The minimum atomic E-state index is -0.225. The van der Waals surface area contributed by atoms with Gasteiger partial charge in [0, 0.05) is 25.6 Å². The highest BCUT2D eigenvalue weighted by Gasteiger charge is 2.26. The van der Waals surface area contributed by atoms with Gasteiger partial charge in [0.2, 0.25) is 5.91 Å². The first-order chi connectivity index (χ1) is 6.08. The number of nitrogens with zero attached hydrogens (tertiary/aromatic N) is 1. The van der Waals surface area contributed by atoms with Crippen LogP contribution in [0.15, 0.2) is 0 Å². The van der Waals surface area contributed by atoms with Gasteiger partial charge in [-0.2, -0.15) is 0 Å². The van der Waals surface area contributed by atoms with Crippen molar-refractivity contribution in [2.24, 2.45) is 17.4 Å². The highest BCUT2D eigenvalue weighted by atomic mass is 16.1. The summed E-state index contributed by atoms with van der Waals surface area (Å²) in [6, 6.07) is 0.412. The Kier molecular flexibility index (Phi) is 3.69. The molecule has 1 fully saturated rings. The molecule has 0 aromatic heterocycles. The van der Waals surface area contributed by atoms with E-state index in [1.807, 2.05) is 7.05 Å². The molecule has 1 aliphatic rings. The summed E-state index contributed by atoms with van der Waals surface area (Å²) in [4.78, 5) is 12.7. The Morgan fingerprint density at radius 2 is 2.15 bits per heavy atom. The van der Waals surface area contributed by atoms with Crippen LogP contribution >= 0.6 is 0 Å². The molecule has 0 unspecified atom stereocenters. The average Bonchev–Trinajstić information content (AvgIpc) is 1.98. The summed E-state index contributed by atoms with van der Waals surface area (Å²) in [5.74, 6) is 0.505. The zero-order chi connectivity index (χ0) is 9.84. The normalized spacial score (nSPS) is 27.3. The zero-order valence-electron chi connectivity index (χ0n) is 8.20. The summed E-state index contributed by atoms with van der Waals surface area (Å²) in [5.41, 5.74) is 10.7. The van der Waals surface area contributed by atoms with Crippen LogP contribution in [-0.4, -0.2) is 37.0 Å². The third-order valence-electron chi connectivity index (χ3n) is 2.58. The molecule has 0 aromatic rings. The van der Waals surface area contributed by atoms with Gasteiger partial charge < -0.3 is 16.4 Å². The molecule has 1 saturated carbocycles. The topological polar surface area (TPSA) is 72.3 Å². The van der Waals surface area contributed by atoms with Crippen LogP contribution in [0.3, 0.4) is 0 Å². The number of hydrogen-bond acceptors (Lipinski definition) is 3. The van der Waals surface area contributed by atoms with Gasteiger partial charge in [-0.05, 0) is 25.8 Å². The summed E-state index contributed by atoms with van der Waals surface area (Å²) in [5, 5.41) is 0. The smallest absolute Gasteiger partial charge is 0.218 e. The maximum Gasteiger partial charge on any atom is 0.218 e. The van der Waals surface area contributed by atoms with Crippen LogP contribution in [0.1, 0.15) is 19.3 Å². The summed E-state index contributed by atoms with van der Waals surface area (Å²) in [6.45, 7) is 1.81. The molecule has 0 atom stereocenters. The van der Waals surface area contributed by atoms with Gasteiger partial charge in [0.25, 0.3) is 0 Å². The van der Waals surface area contributed by atoms with Crippen LogP contribution in [0.5, 0.6) is 0 Å². The number of amides is 1. The van der Waals surface area contributed by atoms with E-state index in [1.54, 1.807) is 0 Å². The number of primary amides is 1. The molecule has 1 aliphatic carbocycles. The van der Waals surface area contributed by atoms with Gasteiger partial charge in [-0.15, -0.1) is 0 Å². The van der Waals surface area contributed by atoms with Crippen LogP contribution in [-0.2, 0) is 4.79 Å². The Morgan fingerprint density at radius 1 is 1.54 bits per heavy atom. The summed E-state index contributed by atoms with van der Waals surface area (Å²) >= 11 is 0. The lowest BCUT2D eigenvalue weighted by Crippen LogP contribution is -2.42. The predicted molar refractivity (Wildman–Crippen MR) is 52.0 cm³/mol. The molecule has 0 aromatic carbocycles. The second-order valence-electron chi connectivity index (χ2n) is 4.08. The second kappa shape index (κ2) is 4.58. The third kappa shape index (κ3) is 3.74. The van der Waals surface area contributed by atoms with Crippen molar-refractivity contribution in [1.82, 2.24) is 4.90 Å². The van der Waals surface area contributed by atoms with Crippen LogP contribution in [0.25, 0.3) is 0 Å². The lowest BCUT2D eigenvalue weighted by atomic mass is 9.80. The van der Waals surface area contributed by atoms with E-state index in [0.29, 0.717) is 12.5 Å². The van der Waals surface area contributed by atoms with Crippen LogP contribution in [0, 0.1) is 5.92 Å². The Labute approximate surface area is 79.3 Å². The lowest BCUT2D eigenvalue weighted by molar-refractivity contribution is -0.118. The Bertz CT molecular complexity index is 178. The van der Waals surface area contributed by atoms with Gasteiger partial charge in [-0.1, -0.05) is 0 Å². The molecule has 0 radical (unpaired) electrons. The minimum Gasteiger partial charge on any atom is -0.370 e. The summed E-state index contributed by atoms with van der Waals surface area (Å²) < 4.78 is 0. The number of nitrogens with two attached hydrogens (primary N) is 2. The van der Waals surface area contributed by atoms with Crippen molar-refractivity contribution in [3.8, 4) is 0 Å². The fourth-order valence-corrected chi connectivity index (χ4v) is 1.77. The highest BCUT2D eigenvalue weighted by Crippen LogP contribution is 2.25. The van der Waals surface area contributed by atoms with Gasteiger partial charge in [-0.25, -0.2) is 0 Å². The second-order valence-corrected chi connectivity index (χ2v) is 4.08. The number of carbonyl (C=O) groups excluding carboxylic acids is 1. The molecule has 0 spiro atoms. The van der Waals surface area contributed by atoms with Crippen molar-refractivity contribution in [3.05, 3.63) is 0 Å². The molecule has 0 aliphatic heterocycles. The molecule has 0 saturated heterocycles. The van der Waals surface area contributed by atoms with Crippen LogP contribution in [0.2, 0.25) is 0 Å². The Balaban J connectivity index is 2.04. The molecule has 4 nitrogen and oxygen atoms in total. The van der Waals surface area contributed by atoms with E-state index in [9.17, 15) is 4.79 Å². The molecule has 76 valence electrons.